The number of aromatic nitrogens is 2. The monoisotopic (exact) mass is 279 g/mol. The van der Waals surface area contributed by atoms with E-state index in [2.05, 4.69) is 10.4 Å². The largest absolute Gasteiger partial charge is 0.435 e. The van der Waals surface area contributed by atoms with E-state index in [1.54, 1.807) is 13.8 Å². The molecule has 0 aliphatic rings. The number of nitrogens with zero attached hydrogens (tertiary/aromatic N) is 2. The number of hydrogen-bond acceptors (Lipinski definition) is 3. The Morgan fingerprint density at radius 3 is 2.63 bits per heavy atom. The summed E-state index contributed by atoms with van der Waals surface area (Å²) in [5.74, 6) is -0.586. The standard InChI is InChI=1S/C11H16F3N3O2/c1-7(6-18)8(2)15-10(19)5-17-4-3-9(16-17)11(12,13)14/h3-4,7-8,18H,5-6H2,1-2H3,(H,15,19). The summed E-state index contributed by atoms with van der Waals surface area (Å²) in [7, 11) is 0. The molecule has 5 nitrogen and oxygen atoms in total. The van der Waals surface area contributed by atoms with Crippen LogP contribution < -0.4 is 5.32 Å². The molecule has 0 bridgehead atoms. The van der Waals surface area contributed by atoms with Gasteiger partial charge in [-0.3, -0.25) is 9.48 Å². The van der Waals surface area contributed by atoms with Gasteiger partial charge in [0.05, 0.1) is 0 Å². The van der Waals surface area contributed by atoms with Gasteiger partial charge in [0.15, 0.2) is 5.69 Å². The maximum absolute atomic E-state index is 12.3. The summed E-state index contributed by atoms with van der Waals surface area (Å²) in [6, 6.07) is 0.544. The first kappa shape index (κ1) is 15.5. The number of nitrogens with one attached hydrogen (secondary N) is 1. The molecule has 1 rings (SSSR count). The van der Waals surface area contributed by atoms with Crippen LogP contribution in [0.15, 0.2) is 12.3 Å². The number of aliphatic hydroxyl groups excluding tert-OH is 1. The van der Waals surface area contributed by atoms with Gasteiger partial charge in [-0.1, -0.05) is 6.92 Å². The number of hydrogen-bond donors (Lipinski definition) is 2. The van der Waals surface area contributed by atoms with Crippen molar-refractivity contribution in [2.45, 2.75) is 32.6 Å². The van der Waals surface area contributed by atoms with Crippen LogP contribution in [0.1, 0.15) is 19.5 Å². The van der Waals surface area contributed by atoms with Crippen LogP contribution in [0.5, 0.6) is 0 Å². The molecule has 0 spiro atoms. The Balaban J connectivity index is 2.56. The lowest BCUT2D eigenvalue weighted by atomic mass is 10.1. The summed E-state index contributed by atoms with van der Waals surface area (Å²) in [5, 5.41) is 14.8. The minimum atomic E-state index is -4.51. The molecule has 0 radical (unpaired) electrons. The molecule has 0 aliphatic heterocycles. The van der Waals surface area contributed by atoms with Crippen LogP contribution in [-0.2, 0) is 17.5 Å². The molecule has 1 heterocycles. The van der Waals surface area contributed by atoms with E-state index in [0.717, 1.165) is 16.9 Å². The van der Waals surface area contributed by atoms with Crippen molar-refractivity contribution in [2.75, 3.05) is 6.61 Å². The Morgan fingerprint density at radius 1 is 1.53 bits per heavy atom. The van der Waals surface area contributed by atoms with Crippen molar-refractivity contribution < 1.29 is 23.1 Å². The number of alkyl halides is 3. The second kappa shape index (κ2) is 6.05. The zero-order valence-corrected chi connectivity index (χ0v) is 10.6. The Labute approximate surface area is 108 Å². The lowest BCUT2D eigenvalue weighted by Crippen LogP contribution is -2.40. The molecule has 19 heavy (non-hydrogen) atoms. The number of carbonyl (C=O) groups excluding carboxylic acids is 1. The van der Waals surface area contributed by atoms with Crippen LogP contribution in [0, 0.1) is 5.92 Å². The van der Waals surface area contributed by atoms with Gasteiger partial charge >= 0.3 is 6.18 Å². The van der Waals surface area contributed by atoms with E-state index in [4.69, 9.17) is 5.11 Å². The minimum absolute atomic E-state index is 0.0819. The van der Waals surface area contributed by atoms with Crippen LogP contribution in [0.3, 0.4) is 0 Å². The van der Waals surface area contributed by atoms with E-state index in [-0.39, 0.29) is 25.1 Å². The van der Waals surface area contributed by atoms with Gasteiger partial charge in [-0.15, -0.1) is 0 Å². The highest BCUT2D eigenvalue weighted by molar-refractivity contribution is 5.75. The van der Waals surface area contributed by atoms with Gasteiger partial charge < -0.3 is 10.4 Å². The van der Waals surface area contributed by atoms with Gasteiger partial charge in [0.1, 0.15) is 6.54 Å². The highest BCUT2D eigenvalue weighted by Gasteiger charge is 2.33. The molecule has 0 saturated carbocycles. The van der Waals surface area contributed by atoms with E-state index in [1.165, 1.54) is 0 Å². The fraction of sp³-hybridized carbons (Fsp3) is 0.636. The van der Waals surface area contributed by atoms with Crippen LogP contribution in [0.4, 0.5) is 13.2 Å². The number of rotatable bonds is 5. The lowest BCUT2D eigenvalue weighted by molar-refractivity contribution is -0.141. The Bertz CT molecular complexity index is 431. The van der Waals surface area contributed by atoms with E-state index >= 15 is 0 Å². The second-order valence-electron chi connectivity index (χ2n) is 4.41. The average molecular weight is 279 g/mol. The maximum atomic E-state index is 12.3. The van der Waals surface area contributed by atoms with E-state index < -0.39 is 17.8 Å². The van der Waals surface area contributed by atoms with Gasteiger partial charge in [0.25, 0.3) is 0 Å². The summed E-state index contributed by atoms with van der Waals surface area (Å²) < 4.78 is 37.8. The predicted octanol–water partition coefficient (Wildman–Crippen LogP) is 1.03. The first-order chi connectivity index (χ1) is 8.74. The molecule has 8 heteroatoms. The fourth-order valence-electron chi connectivity index (χ4n) is 1.35. The number of carbonyl (C=O) groups is 1. The van der Waals surface area contributed by atoms with Crippen molar-refractivity contribution in [3.05, 3.63) is 18.0 Å². The van der Waals surface area contributed by atoms with Gasteiger partial charge in [-0.05, 0) is 18.9 Å². The summed E-state index contributed by atoms with van der Waals surface area (Å²) in [6.07, 6.45) is -3.41. The quantitative estimate of drug-likeness (QED) is 0.846. The lowest BCUT2D eigenvalue weighted by Gasteiger charge is -2.19. The smallest absolute Gasteiger partial charge is 0.396 e. The van der Waals surface area contributed by atoms with Crippen molar-refractivity contribution in [3.8, 4) is 0 Å². The van der Waals surface area contributed by atoms with Crippen molar-refractivity contribution in [1.29, 1.82) is 0 Å². The molecule has 2 N–H and O–H groups in total. The predicted molar refractivity (Wildman–Crippen MR) is 61.1 cm³/mol. The van der Waals surface area contributed by atoms with Gasteiger partial charge in [-0.25, -0.2) is 0 Å². The number of halogens is 3. The van der Waals surface area contributed by atoms with Gasteiger partial charge in [0, 0.05) is 18.8 Å². The molecule has 0 aromatic carbocycles. The first-order valence-corrected chi connectivity index (χ1v) is 5.75. The normalized spacial score (nSPS) is 15.1. The molecule has 1 amide bonds. The zero-order valence-electron chi connectivity index (χ0n) is 10.6. The first-order valence-electron chi connectivity index (χ1n) is 5.75. The summed E-state index contributed by atoms with van der Waals surface area (Å²) in [6.45, 7) is 3.09. The molecule has 2 atom stereocenters. The Morgan fingerprint density at radius 2 is 2.16 bits per heavy atom. The van der Waals surface area contributed by atoms with Crippen LogP contribution in [0.2, 0.25) is 0 Å². The second-order valence-corrected chi connectivity index (χ2v) is 4.41. The van der Waals surface area contributed by atoms with Crippen LogP contribution >= 0.6 is 0 Å². The number of amides is 1. The van der Waals surface area contributed by atoms with Crippen LogP contribution in [-0.4, -0.2) is 33.4 Å². The molecular weight excluding hydrogens is 263 g/mol. The average Bonchev–Trinajstić information content (AvgIpc) is 2.75. The molecule has 0 aliphatic carbocycles. The van der Waals surface area contributed by atoms with E-state index in [9.17, 15) is 18.0 Å². The van der Waals surface area contributed by atoms with Gasteiger partial charge in [0.2, 0.25) is 5.91 Å². The van der Waals surface area contributed by atoms with Crippen molar-refractivity contribution in [1.82, 2.24) is 15.1 Å². The SMILES string of the molecule is CC(CO)C(C)NC(=O)Cn1ccc(C(F)(F)F)n1. The summed E-state index contributed by atoms with van der Waals surface area (Å²) >= 11 is 0. The minimum Gasteiger partial charge on any atom is -0.396 e. The third-order valence-electron chi connectivity index (χ3n) is 2.77. The van der Waals surface area contributed by atoms with Crippen molar-refractivity contribution in [3.63, 3.8) is 0 Å². The number of aliphatic hydroxyl groups is 1. The maximum Gasteiger partial charge on any atom is 0.435 e. The van der Waals surface area contributed by atoms with E-state index in [0.29, 0.717) is 0 Å². The van der Waals surface area contributed by atoms with Crippen LogP contribution in [0.25, 0.3) is 0 Å². The Hall–Kier alpha value is -1.57. The molecular formula is C11H16F3N3O2. The molecule has 1 aromatic heterocycles. The van der Waals surface area contributed by atoms with Crippen molar-refractivity contribution >= 4 is 5.91 Å². The van der Waals surface area contributed by atoms with E-state index in [1.807, 2.05) is 0 Å². The van der Waals surface area contributed by atoms with Crippen molar-refractivity contribution in [2.24, 2.45) is 5.92 Å². The fourth-order valence-corrected chi connectivity index (χ4v) is 1.35. The Kier molecular flexibility index (Phi) is 4.93. The summed E-state index contributed by atoms with van der Waals surface area (Å²) in [4.78, 5) is 11.6. The zero-order chi connectivity index (χ0) is 14.6. The van der Waals surface area contributed by atoms with Gasteiger partial charge in [-0.2, -0.15) is 18.3 Å². The molecule has 0 saturated heterocycles. The molecule has 1 aromatic rings. The highest BCUT2D eigenvalue weighted by Crippen LogP contribution is 2.27. The highest BCUT2D eigenvalue weighted by atomic mass is 19.4. The third kappa shape index (κ3) is 4.55. The molecule has 2 unspecified atom stereocenters. The topological polar surface area (TPSA) is 67.2 Å². The summed E-state index contributed by atoms with van der Waals surface area (Å²) in [5.41, 5.74) is -1.03. The molecule has 108 valence electrons. The third-order valence-corrected chi connectivity index (χ3v) is 2.77. The molecule has 0 fully saturated rings.